The summed E-state index contributed by atoms with van der Waals surface area (Å²) in [6, 6.07) is 2.90. The van der Waals surface area contributed by atoms with Gasteiger partial charge in [0.25, 0.3) is 0 Å². The summed E-state index contributed by atoms with van der Waals surface area (Å²) in [4.78, 5) is 23.9. The van der Waals surface area contributed by atoms with Crippen molar-refractivity contribution >= 4 is 35.6 Å². The van der Waals surface area contributed by atoms with E-state index < -0.39 is 5.82 Å². The highest BCUT2D eigenvalue weighted by molar-refractivity contribution is 5.96. The van der Waals surface area contributed by atoms with Crippen LogP contribution in [-0.4, -0.2) is 18.4 Å². The molecule has 3 rings (SSSR count). The molecule has 0 saturated heterocycles. The van der Waals surface area contributed by atoms with Gasteiger partial charge in [-0.25, -0.2) is 4.39 Å². The number of hydrogen-bond donors (Lipinski definition) is 3. The van der Waals surface area contributed by atoms with Gasteiger partial charge in [-0.1, -0.05) is 19.3 Å². The van der Waals surface area contributed by atoms with Crippen LogP contribution in [-0.2, 0) is 16.0 Å². The van der Waals surface area contributed by atoms with Crippen LogP contribution in [0.2, 0.25) is 0 Å². The van der Waals surface area contributed by atoms with E-state index in [4.69, 9.17) is 5.73 Å². The number of aryl methyl sites for hydroxylation is 1. The van der Waals surface area contributed by atoms with Gasteiger partial charge in [-0.3, -0.25) is 9.59 Å². The molecule has 1 aliphatic carbocycles. The van der Waals surface area contributed by atoms with Crippen LogP contribution < -0.4 is 16.4 Å². The minimum atomic E-state index is -0.469. The summed E-state index contributed by atoms with van der Waals surface area (Å²) in [7, 11) is 0. The van der Waals surface area contributed by atoms with Crippen molar-refractivity contribution in [3.63, 3.8) is 0 Å². The topological polar surface area (TPSA) is 84.2 Å². The molecule has 0 aromatic heterocycles. The van der Waals surface area contributed by atoms with Gasteiger partial charge >= 0.3 is 0 Å². The number of hydrogen-bond acceptors (Lipinski definition) is 3. The molecule has 0 atom stereocenters. The predicted molar refractivity (Wildman–Crippen MR) is 98.4 cm³/mol. The largest absolute Gasteiger partial charge is 0.330 e. The quantitative estimate of drug-likeness (QED) is 0.760. The molecule has 1 fully saturated rings. The Kier molecular flexibility index (Phi) is 6.41. The molecule has 7 heteroatoms. The second-order valence-corrected chi connectivity index (χ2v) is 7.03. The fraction of sp³-hybridized carbons (Fsp3) is 0.556. The number of rotatable bonds is 4. The lowest BCUT2D eigenvalue weighted by Crippen LogP contribution is -2.36. The van der Waals surface area contributed by atoms with Gasteiger partial charge < -0.3 is 16.4 Å². The van der Waals surface area contributed by atoms with Gasteiger partial charge in [0.05, 0.1) is 5.69 Å². The van der Waals surface area contributed by atoms with Gasteiger partial charge in [-0.15, -0.1) is 12.4 Å². The molecule has 4 N–H and O–H groups in total. The first-order valence-electron chi connectivity index (χ1n) is 8.64. The maximum atomic E-state index is 14.2. The lowest BCUT2D eigenvalue weighted by molar-refractivity contribution is -0.119. The van der Waals surface area contributed by atoms with Crippen LogP contribution in [0.25, 0.3) is 0 Å². The summed E-state index contributed by atoms with van der Waals surface area (Å²) >= 11 is 0. The van der Waals surface area contributed by atoms with E-state index in [1.54, 1.807) is 0 Å². The number of benzene rings is 1. The molecule has 1 aromatic carbocycles. The Morgan fingerprint density at radius 3 is 2.64 bits per heavy atom. The van der Waals surface area contributed by atoms with Gasteiger partial charge in [0.1, 0.15) is 5.82 Å². The zero-order chi connectivity index (χ0) is 17.2. The van der Waals surface area contributed by atoms with Gasteiger partial charge in [-0.05, 0) is 48.9 Å². The van der Waals surface area contributed by atoms with Crippen molar-refractivity contribution in [2.75, 3.05) is 17.2 Å². The highest BCUT2D eigenvalue weighted by Gasteiger charge is 2.33. The molecular formula is C18H25ClFN3O2. The van der Waals surface area contributed by atoms with E-state index in [0.29, 0.717) is 31.5 Å². The van der Waals surface area contributed by atoms with E-state index >= 15 is 0 Å². The van der Waals surface area contributed by atoms with Crippen molar-refractivity contribution in [2.24, 2.45) is 11.1 Å². The Hall–Kier alpha value is -1.66. The average Bonchev–Trinajstić information content (AvgIpc) is 2.56. The number of anilines is 2. The molecule has 1 saturated carbocycles. The molecule has 138 valence electrons. The van der Waals surface area contributed by atoms with Crippen molar-refractivity contribution in [3.8, 4) is 0 Å². The zero-order valence-corrected chi connectivity index (χ0v) is 15.0. The summed E-state index contributed by atoms with van der Waals surface area (Å²) < 4.78 is 14.2. The van der Waals surface area contributed by atoms with Crippen LogP contribution in [0.15, 0.2) is 12.1 Å². The fourth-order valence-electron chi connectivity index (χ4n) is 3.78. The normalized spacial score (nSPS) is 18.6. The van der Waals surface area contributed by atoms with E-state index in [1.807, 2.05) is 0 Å². The molecule has 0 spiro atoms. The lowest BCUT2D eigenvalue weighted by Gasteiger charge is -2.35. The van der Waals surface area contributed by atoms with Crippen LogP contribution in [0, 0.1) is 11.2 Å². The number of fused-ring (bicyclic) bond motifs is 1. The SMILES string of the molecule is Cl.NCC1(CC(=O)Nc2cc3c(cc2F)CCC(=O)N3)CCCCC1. The van der Waals surface area contributed by atoms with E-state index in [1.165, 1.54) is 18.6 Å². The van der Waals surface area contributed by atoms with Crippen LogP contribution in [0.4, 0.5) is 15.8 Å². The lowest BCUT2D eigenvalue weighted by atomic mass is 9.71. The zero-order valence-electron chi connectivity index (χ0n) is 14.2. The van der Waals surface area contributed by atoms with Gasteiger partial charge in [0.2, 0.25) is 11.8 Å². The standard InChI is InChI=1S/C18H24FN3O2.ClH/c19-13-8-12-4-5-16(23)21-14(12)9-15(13)22-17(24)10-18(11-20)6-2-1-3-7-18;/h8-9H,1-7,10-11,20H2,(H,21,23)(H,22,24);1H. The molecule has 1 heterocycles. The molecule has 25 heavy (non-hydrogen) atoms. The van der Waals surface area contributed by atoms with Crippen molar-refractivity contribution in [3.05, 3.63) is 23.5 Å². The Labute approximate surface area is 153 Å². The minimum absolute atomic E-state index is 0. The maximum absolute atomic E-state index is 14.2. The first kappa shape index (κ1) is 19.7. The van der Waals surface area contributed by atoms with Crippen molar-refractivity contribution in [2.45, 2.75) is 51.4 Å². The third kappa shape index (κ3) is 4.50. The van der Waals surface area contributed by atoms with E-state index in [-0.39, 0.29) is 35.3 Å². The maximum Gasteiger partial charge on any atom is 0.225 e. The molecule has 0 unspecified atom stereocenters. The first-order chi connectivity index (χ1) is 11.5. The van der Waals surface area contributed by atoms with E-state index in [9.17, 15) is 14.0 Å². The highest BCUT2D eigenvalue weighted by atomic mass is 35.5. The molecule has 1 aliphatic heterocycles. The van der Waals surface area contributed by atoms with Gasteiger partial charge in [-0.2, -0.15) is 0 Å². The molecule has 2 aliphatic rings. The average molecular weight is 370 g/mol. The molecule has 0 radical (unpaired) electrons. The van der Waals surface area contributed by atoms with Crippen LogP contribution in [0.5, 0.6) is 0 Å². The molecule has 0 bridgehead atoms. The summed E-state index contributed by atoms with van der Waals surface area (Å²) in [6.45, 7) is 0.475. The number of amides is 2. The van der Waals surface area contributed by atoms with Crippen molar-refractivity contribution < 1.29 is 14.0 Å². The summed E-state index contributed by atoms with van der Waals surface area (Å²) in [5.74, 6) is -0.775. The number of nitrogens with two attached hydrogens (primary N) is 1. The number of halogens is 2. The Morgan fingerprint density at radius 2 is 1.96 bits per heavy atom. The molecule has 5 nitrogen and oxygen atoms in total. The third-order valence-electron chi connectivity index (χ3n) is 5.25. The van der Waals surface area contributed by atoms with Crippen LogP contribution in [0.3, 0.4) is 0 Å². The Balaban J connectivity index is 0.00000225. The van der Waals surface area contributed by atoms with Crippen molar-refractivity contribution in [1.29, 1.82) is 0 Å². The predicted octanol–water partition coefficient (Wildman–Crippen LogP) is 3.37. The fourth-order valence-corrected chi connectivity index (χ4v) is 3.78. The Morgan fingerprint density at radius 1 is 1.24 bits per heavy atom. The highest BCUT2D eigenvalue weighted by Crippen LogP contribution is 2.38. The van der Waals surface area contributed by atoms with Crippen LogP contribution >= 0.6 is 12.4 Å². The minimum Gasteiger partial charge on any atom is -0.330 e. The van der Waals surface area contributed by atoms with E-state index in [2.05, 4.69) is 10.6 Å². The molecular weight excluding hydrogens is 345 g/mol. The second-order valence-electron chi connectivity index (χ2n) is 7.03. The van der Waals surface area contributed by atoms with Crippen LogP contribution in [0.1, 0.15) is 50.5 Å². The molecule has 2 amide bonds. The Bertz CT molecular complexity index is 660. The first-order valence-corrected chi connectivity index (χ1v) is 8.64. The number of carbonyl (C=O) groups excluding carboxylic acids is 2. The third-order valence-corrected chi connectivity index (χ3v) is 5.25. The second kappa shape index (κ2) is 8.15. The smallest absolute Gasteiger partial charge is 0.225 e. The van der Waals surface area contributed by atoms with E-state index in [0.717, 1.165) is 31.2 Å². The summed E-state index contributed by atoms with van der Waals surface area (Å²) in [5.41, 5.74) is 7.20. The summed E-state index contributed by atoms with van der Waals surface area (Å²) in [6.07, 6.45) is 6.43. The van der Waals surface area contributed by atoms with Gasteiger partial charge in [0, 0.05) is 18.5 Å². The number of carbonyl (C=O) groups is 2. The number of nitrogens with one attached hydrogen (secondary N) is 2. The van der Waals surface area contributed by atoms with Crippen molar-refractivity contribution in [1.82, 2.24) is 0 Å². The summed E-state index contributed by atoms with van der Waals surface area (Å²) in [5, 5.41) is 5.38. The monoisotopic (exact) mass is 369 g/mol. The van der Waals surface area contributed by atoms with Gasteiger partial charge in [0.15, 0.2) is 0 Å². The molecule has 1 aromatic rings.